The monoisotopic (exact) mass is 214 g/mol. The SMILES string of the molecule is CCOC(=O)C12CC(C(=O)CS)(C1)C2. The van der Waals surface area contributed by atoms with Crippen molar-refractivity contribution in [3.63, 3.8) is 0 Å². The van der Waals surface area contributed by atoms with Gasteiger partial charge in [-0.15, -0.1) is 0 Å². The highest BCUT2D eigenvalue weighted by molar-refractivity contribution is 7.81. The Hall–Kier alpha value is -0.510. The lowest BCUT2D eigenvalue weighted by Gasteiger charge is -2.67. The van der Waals surface area contributed by atoms with Crippen LogP contribution in [0, 0.1) is 10.8 Å². The molecule has 14 heavy (non-hydrogen) atoms. The van der Waals surface area contributed by atoms with Crippen LogP contribution in [0.15, 0.2) is 0 Å². The lowest BCUT2D eigenvalue weighted by molar-refractivity contribution is -0.222. The quantitative estimate of drug-likeness (QED) is 0.565. The molecule has 3 saturated carbocycles. The van der Waals surface area contributed by atoms with E-state index in [0.29, 0.717) is 31.6 Å². The normalized spacial score (nSPS) is 38.1. The number of esters is 1. The number of ether oxygens (including phenoxy) is 1. The Morgan fingerprint density at radius 2 is 1.86 bits per heavy atom. The Labute approximate surface area is 88.6 Å². The minimum atomic E-state index is -0.297. The van der Waals surface area contributed by atoms with Gasteiger partial charge in [0.2, 0.25) is 0 Å². The third-order valence-corrected chi connectivity index (χ3v) is 3.76. The van der Waals surface area contributed by atoms with E-state index in [0.717, 1.165) is 0 Å². The summed E-state index contributed by atoms with van der Waals surface area (Å²) in [5, 5.41) is 0. The standard InChI is InChI=1S/C10H14O3S/c1-2-13-8(12)10-4-9(5-10,6-10)7(11)3-14/h14H,2-6H2,1H3. The fourth-order valence-corrected chi connectivity index (χ4v) is 3.09. The maximum Gasteiger partial charge on any atom is 0.312 e. The number of hydrogen-bond donors (Lipinski definition) is 1. The van der Waals surface area contributed by atoms with E-state index in [2.05, 4.69) is 12.6 Å². The Balaban J connectivity index is 1.94. The van der Waals surface area contributed by atoms with Gasteiger partial charge in [-0.3, -0.25) is 9.59 Å². The molecule has 3 aliphatic carbocycles. The van der Waals surface area contributed by atoms with Crippen molar-refractivity contribution < 1.29 is 14.3 Å². The number of hydrogen-bond acceptors (Lipinski definition) is 4. The molecule has 3 rings (SSSR count). The molecule has 0 spiro atoms. The van der Waals surface area contributed by atoms with Crippen LogP contribution >= 0.6 is 12.6 Å². The molecule has 0 aromatic carbocycles. The zero-order valence-electron chi connectivity index (χ0n) is 8.21. The van der Waals surface area contributed by atoms with Crippen molar-refractivity contribution in [2.24, 2.45) is 10.8 Å². The predicted octanol–water partition coefficient (Wildman–Crippen LogP) is 1.22. The van der Waals surface area contributed by atoms with Gasteiger partial charge in [-0.2, -0.15) is 12.6 Å². The molecule has 0 heterocycles. The molecule has 78 valence electrons. The summed E-state index contributed by atoms with van der Waals surface area (Å²) >= 11 is 3.98. The molecule has 3 aliphatic rings. The largest absolute Gasteiger partial charge is 0.466 e. The first kappa shape index (κ1) is 10.0. The summed E-state index contributed by atoms with van der Waals surface area (Å²) in [7, 11) is 0. The summed E-state index contributed by atoms with van der Waals surface area (Å²) in [6.45, 7) is 2.23. The Bertz CT molecular complexity index is 278. The molecule has 2 bridgehead atoms. The minimum absolute atomic E-state index is 0.117. The molecule has 3 fully saturated rings. The average molecular weight is 214 g/mol. The summed E-state index contributed by atoms with van der Waals surface area (Å²) in [6.07, 6.45) is 2.08. The lowest BCUT2D eigenvalue weighted by Crippen LogP contribution is -2.69. The van der Waals surface area contributed by atoms with Gasteiger partial charge in [0, 0.05) is 11.2 Å². The van der Waals surface area contributed by atoms with Crippen molar-refractivity contribution in [3.8, 4) is 0 Å². The Morgan fingerprint density at radius 1 is 1.29 bits per heavy atom. The molecular formula is C10H14O3S. The summed E-state index contributed by atoms with van der Waals surface area (Å²) in [6, 6.07) is 0. The molecule has 0 aliphatic heterocycles. The number of carbonyl (C=O) groups is 2. The molecule has 0 aromatic heterocycles. The topological polar surface area (TPSA) is 43.4 Å². The number of rotatable bonds is 4. The maximum atomic E-state index is 11.5. The van der Waals surface area contributed by atoms with Crippen molar-refractivity contribution in [1.29, 1.82) is 0 Å². The van der Waals surface area contributed by atoms with Gasteiger partial charge in [0.25, 0.3) is 0 Å². The smallest absolute Gasteiger partial charge is 0.312 e. The maximum absolute atomic E-state index is 11.5. The van der Waals surface area contributed by atoms with Crippen LogP contribution in [0.1, 0.15) is 26.2 Å². The fraction of sp³-hybridized carbons (Fsp3) is 0.800. The Morgan fingerprint density at radius 3 is 2.29 bits per heavy atom. The minimum Gasteiger partial charge on any atom is -0.466 e. The molecule has 0 unspecified atom stereocenters. The third-order valence-electron chi connectivity index (χ3n) is 3.47. The van der Waals surface area contributed by atoms with Crippen LogP contribution in [-0.4, -0.2) is 24.1 Å². The second-order valence-corrected chi connectivity index (χ2v) is 4.71. The molecule has 4 heteroatoms. The number of carbonyl (C=O) groups excluding carboxylic acids is 2. The fourth-order valence-electron chi connectivity index (χ4n) is 2.75. The van der Waals surface area contributed by atoms with E-state index in [4.69, 9.17) is 4.74 Å². The lowest BCUT2D eigenvalue weighted by atomic mass is 9.34. The highest BCUT2D eigenvalue weighted by Gasteiger charge is 2.74. The number of ketones is 1. The van der Waals surface area contributed by atoms with Gasteiger partial charge in [0.05, 0.1) is 12.0 Å². The van der Waals surface area contributed by atoms with Crippen LogP contribution in [0.2, 0.25) is 0 Å². The van der Waals surface area contributed by atoms with E-state index in [1.807, 2.05) is 0 Å². The summed E-state index contributed by atoms with van der Waals surface area (Å²) < 4.78 is 4.98. The second kappa shape index (κ2) is 2.99. The van der Waals surface area contributed by atoms with Crippen molar-refractivity contribution in [3.05, 3.63) is 0 Å². The van der Waals surface area contributed by atoms with E-state index in [9.17, 15) is 9.59 Å². The summed E-state index contributed by atoms with van der Waals surface area (Å²) in [5.41, 5.74) is -0.497. The van der Waals surface area contributed by atoms with Gasteiger partial charge in [-0.1, -0.05) is 0 Å². The Kier molecular flexibility index (Phi) is 2.14. The van der Waals surface area contributed by atoms with Crippen molar-refractivity contribution in [1.82, 2.24) is 0 Å². The van der Waals surface area contributed by atoms with E-state index in [1.54, 1.807) is 6.92 Å². The average Bonchev–Trinajstić information content (AvgIpc) is 1.99. The van der Waals surface area contributed by atoms with Gasteiger partial charge >= 0.3 is 5.97 Å². The highest BCUT2D eigenvalue weighted by Crippen LogP contribution is 2.74. The predicted molar refractivity (Wildman–Crippen MR) is 54.2 cm³/mol. The molecule has 0 radical (unpaired) electrons. The molecule has 0 N–H and O–H groups in total. The van der Waals surface area contributed by atoms with Crippen molar-refractivity contribution in [2.75, 3.05) is 12.4 Å². The molecule has 0 saturated heterocycles. The molecule has 0 amide bonds. The summed E-state index contributed by atoms with van der Waals surface area (Å²) in [5.74, 6) is 0.361. The van der Waals surface area contributed by atoms with Crippen LogP contribution in [0.3, 0.4) is 0 Å². The van der Waals surface area contributed by atoms with Gasteiger partial charge in [0.1, 0.15) is 5.78 Å². The van der Waals surface area contributed by atoms with Crippen LogP contribution < -0.4 is 0 Å². The first-order chi connectivity index (χ1) is 6.58. The highest BCUT2D eigenvalue weighted by atomic mass is 32.1. The number of Topliss-reactive ketones (excluding diaryl/α,β-unsaturated/α-hetero) is 1. The molecule has 0 atom stereocenters. The molecule has 0 aromatic rings. The van der Waals surface area contributed by atoms with E-state index >= 15 is 0 Å². The van der Waals surface area contributed by atoms with Gasteiger partial charge in [-0.25, -0.2) is 0 Å². The first-order valence-corrected chi connectivity index (χ1v) is 5.53. The van der Waals surface area contributed by atoms with E-state index in [-0.39, 0.29) is 22.6 Å². The van der Waals surface area contributed by atoms with E-state index in [1.165, 1.54) is 0 Å². The van der Waals surface area contributed by atoms with Crippen LogP contribution in [0.5, 0.6) is 0 Å². The molecular weight excluding hydrogens is 200 g/mol. The second-order valence-electron chi connectivity index (χ2n) is 4.39. The first-order valence-electron chi connectivity index (χ1n) is 4.90. The van der Waals surface area contributed by atoms with Gasteiger partial charge in [-0.05, 0) is 26.2 Å². The summed E-state index contributed by atoms with van der Waals surface area (Å²) in [4.78, 5) is 22.9. The van der Waals surface area contributed by atoms with E-state index < -0.39 is 0 Å². The van der Waals surface area contributed by atoms with Gasteiger partial charge in [0.15, 0.2) is 0 Å². The van der Waals surface area contributed by atoms with Crippen molar-refractivity contribution in [2.45, 2.75) is 26.2 Å². The van der Waals surface area contributed by atoms with Crippen molar-refractivity contribution >= 4 is 24.4 Å². The zero-order valence-corrected chi connectivity index (χ0v) is 9.10. The van der Waals surface area contributed by atoms with Crippen LogP contribution in [-0.2, 0) is 14.3 Å². The number of thiol groups is 1. The zero-order chi connectivity index (χ0) is 10.4. The third kappa shape index (κ3) is 1.06. The van der Waals surface area contributed by atoms with Crippen LogP contribution in [0.25, 0.3) is 0 Å². The van der Waals surface area contributed by atoms with Crippen LogP contribution in [0.4, 0.5) is 0 Å². The molecule has 3 nitrogen and oxygen atoms in total. The van der Waals surface area contributed by atoms with Gasteiger partial charge < -0.3 is 4.74 Å².